The van der Waals surface area contributed by atoms with E-state index in [1.165, 1.54) is 5.32 Å². The summed E-state index contributed by atoms with van der Waals surface area (Å²) in [4.78, 5) is 10.7. The van der Waals surface area contributed by atoms with E-state index in [2.05, 4.69) is 4.74 Å². The van der Waals surface area contributed by atoms with Crippen LogP contribution >= 0.6 is 0 Å². The van der Waals surface area contributed by atoms with Gasteiger partial charge in [-0.25, -0.2) is 10.1 Å². The van der Waals surface area contributed by atoms with E-state index in [4.69, 9.17) is 15.3 Å². The molecule has 0 aromatic carbocycles. The van der Waals surface area contributed by atoms with Crippen molar-refractivity contribution in [3.63, 3.8) is 0 Å². The Bertz CT molecular complexity index is 148. The van der Waals surface area contributed by atoms with Crippen LogP contribution in [0.1, 0.15) is 20.8 Å². The third-order valence-corrected chi connectivity index (χ3v) is 0.669. The summed E-state index contributed by atoms with van der Waals surface area (Å²) in [7, 11) is 0. The molecule has 0 aromatic rings. The van der Waals surface area contributed by atoms with Crippen molar-refractivity contribution < 1.29 is 24.9 Å². The van der Waals surface area contributed by atoms with E-state index in [0.717, 1.165) is 0 Å². The van der Waals surface area contributed by atoms with E-state index in [1.54, 1.807) is 20.8 Å². The summed E-state index contributed by atoms with van der Waals surface area (Å²) in [5.41, 5.74) is -0.755. The van der Waals surface area contributed by atoms with Gasteiger partial charge in [0.25, 0.3) is 0 Å². The normalized spacial score (nSPS) is 12.5. The number of ether oxygens (including phenoxy) is 1. The second kappa shape index (κ2) is 3.26. The topological polar surface area (TPSA) is 99.0 Å². The number of hydrogen-bond donors (Lipinski definition) is 4. The van der Waals surface area contributed by atoms with Crippen LogP contribution in [-0.4, -0.2) is 33.1 Å². The lowest BCUT2D eigenvalue weighted by atomic mass is 10.2. The predicted octanol–water partition coefficient (Wildman–Crippen LogP) is -0.901. The maximum absolute atomic E-state index is 10.7. The molecule has 0 heterocycles. The fourth-order valence-electron chi connectivity index (χ4n) is 0.441. The zero-order valence-corrected chi connectivity index (χ0v) is 7.16. The molecule has 0 fully saturated rings. The van der Waals surface area contributed by atoms with E-state index in [-0.39, 0.29) is 0 Å². The average Bonchev–Trinajstić information content (AvgIpc) is 1.49. The Balaban J connectivity index is 3.92. The Labute approximate surface area is 69.8 Å². The molecule has 4 N–H and O–H groups in total. The highest BCUT2D eigenvalue weighted by molar-refractivity contribution is 5.67. The first kappa shape index (κ1) is 11.2. The number of carbonyl (C=O) groups is 1. The van der Waals surface area contributed by atoms with Crippen LogP contribution in [0.15, 0.2) is 0 Å². The van der Waals surface area contributed by atoms with Crippen molar-refractivity contribution in [1.82, 2.24) is 5.32 Å². The smallest absolute Gasteiger partial charge is 0.413 e. The molecule has 0 aliphatic rings. The molecule has 0 saturated heterocycles. The molecule has 0 aromatic heterocycles. The highest BCUT2D eigenvalue weighted by atomic mass is 16.7. The molecule has 0 bridgehead atoms. The molecule has 0 atom stereocenters. The summed E-state index contributed by atoms with van der Waals surface area (Å²) < 4.78 is 4.58. The zero-order chi connectivity index (χ0) is 9.99. The molecule has 0 saturated carbocycles. The Morgan fingerprint density at radius 1 is 1.25 bits per heavy atom. The van der Waals surface area contributed by atoms with Crippen LogP contribution in [0.4, 0.5) is 4.79 Å². The van der Waals surface area contributed by atoms with Gasteiger partial charge in [0.15, 0.2) is 0 Å². The van der Waals surface area contributed by atoms with Gasteiger partial charge in [0, 0.05) is 0 Å². The van der Waals surface area contributed by atoms with Gasteiger partial charge in [0.05, 0.1) is 0 Å². The summed E-state index contributed by atoms with van der Waals surface area (Å²) in [5.74, 6) is 0. The van der Waals surface area contributed by atoms with Crippen LogP contribution < -0.4 is 5.32 Å². The minimum atomic E-state index is -3.23. The molecule has 0 rings (SSSR count). The van der Waals surface area contributed by atoms with Crippen LogP contribution in [0.25, 0.3) is 0 Å². The van der Waals surface area contributed by atoms with Gasteiger partial charge in [-0.2, -0.15) is 0 Å². The first-order chi connectivity index (χ1) is 5.10. The SMILES string of the molecule is CC(C)(C)OC(=O)NC(O)(O)O. The number of carbonyl (C=O) groups excluding carboxylic acids is 1. The first-order valence-electron chi connectivity index (χ1n) is 3.28. The minimum absolute atomic E-state index is 0.755. The molecule has 0 unspecified atom stereocenters. The van der Waals surface area contributed by atoms with Crippen LogP contribution in [-0.2, 0) is 4.74 Å². The van der Waals surface area contributed by atoms with Gasteiger partial charge in [0.1, 0.15) is 5.60 Å². The largest absolute Gasteiger partial charge is 0.444 e. The Hall–Kier alpha value is -0.850. The van der Waals surface area contributed by atoms with Crippen LogP contribution in [0.2, 0.25) is 0 Å². The lowest BCUT2D eigenvalue weighted by molar-refractivity contribution is -0.325. The first-order valence-corrected chi connectivity index (χ1v) is 3.28. The monoisotopic (exact) mass is 179 g/mol. The molecule has 1 amide bonds. The predicted molar refractivity (Wildman–Crippen MR) is 38.8 cm³/mol. The molecule has 0 radical (unpaired) electrons. The lowest BCUT2D eigenvalue weighted by Gasteiger charge is -2.22. The second-order valence-corrected chi connectivity index (χ2v) is 3.26. The Morgan fingerprint density at radius 3 is 1.92 bits per heavy atom. The van der Waals surface area contributed by atoms with Crippen molar-refractivity contribution in [3.8, 4) is 0 Å². The van der Waals surface area contributed by atoms with Crippen molar-refractivity contribution in [2.24, 2.45) is 0 Å². The van der Waals surface area contributed by atoms with Gasteiger partial charge < -0.3 is 20.1 Å². The molecule has 0 spiro atoms. The Kier molecular flexibility index (Phi) is 3.03. The maximum atomic E-state index is 10.7. The summed E-state index contributed by atoms with van der Waals surface area (Å²) in [6.45, 7) is 4.79. The van der Waals surface area contributed by atoms with E-state index in [9.17, 15) is 4.79 Å². The third-order valence-electron chi connectivity index (χ3n) is 0.669. The van der Waals surface area contributed by atoms with E-state index >= 15 is 0 Å². The van der Waals surface area contributed by atoms with Gasteiger partial charge in [-0.05, 0) is 20.8 Å². The molecule has 0 aliphatic heterocycles. The number of alkyl carbamates (subject to hydrolysis) is 1. The van der Waals surface area contributed by atoms with Gasteiger partial charge in [0.2, 0.25) is 0 Å². The molecular weight excluding hydrogens is 166 g/mol. The van der Waals surface area contributed by atoms with Gasteiger partial charge in [-0.1, -0.05) is 0 Å². The highest BCUT2D eigenvalue weighted by Crippen LogP contribution is 2.06. The minimum Gasteiger partial charge on any atom is -0.444 e. The fraction of sp³-hybridized carbons (Fsp3) is 0.833. The van der Waals surface area contributed by atoms with Crippen molar-refractivity contribution in [2.75, 3.05) is 0 Å². The summed E-state index contributed by atoms with van der Waals surface area (Å²) in [5, 5.41) is 26.2. The Morgan fingerprint density at radius 2 is 1.67 bits per heavy atom. The highest BCUT2D eigenvalue weighted by Gasteiger charge is 2.25. The van der Waals surface area contributed by atoms with Gasteiger partial charge in [-0.3, -0.25) is 0 Å². The molecule has 12 heavy (non-hydrogen) atoms. The number of aliphatic hydroxyl groups is 3. The number of hydrogen-bond acceptors (Lipinski definition) is 5. The van der Waals surface area contributed by atoms with Crippen molar-refractivity contribution in [1.29, 1.82) is 0 Å². The zero-order valence-electron chi connectivity index (χ0n) is 7.16. The lowest BCUT2D eigenvalue weighted by Crippen LogP contribution is -2.49. The molecular formula is C6H13NO5. The molecule has 6 heteroatoms. The standard InChI is InChI=1S/C6H13NO5/c1-5(2,3)12-4(8)7-6(9,10)11/h9-11H,1-3H3,(H,7,8). The van der Waals surface area contributed by atoms with E-state index < -0.39 is 17.8 Å². The average molecular weight is 179 g/mol. The van der Waals surface area contributed by atoms with Gasteiger partial charge >= 0.3 is 12.2 Å². The second-order valence-electron chi connectivity index (χ2n) is 3.26. The molecule has 0 aliphatic carbocycles. The quantitative estimate of drug-likeness (QED) is 0.391. The fourth-order valence-corrected chi connectivity index (χ4v) is 0.441. The van der Waals surface area contributed by atoms with Crippen LogP contribution in [0.5, 0.6) is 0 Å². The van der Waals surface area contributed by atoms with Crippen LogP contribution in [0, 0.1) is 0 Å². The van der Waals surface area contributed by atoms with Crippen molar-refractivity contribution in [3.05, 3.63) is 0 Å². The van der Waals surface area contributed by atoms with Gasteiger partial charge in [-0.15, -0.1) is 0 Å². The van der Waals surface area contributed by atoms with E-state index in [1.807, 2.05) is 0 Å². The number of nitrogens with one attached hydrogen (secondary N) is 1. The third kappa shape index (κ3) is 7.26. The number of amides is 1. The van der Waals surface area contributed by atoms with Crippen molar-refractivity contribution >= 4 is 6.09 Å². The van der Waals surface area contributed by atoms with E-state index in [0.29, 0.717) is 0 Å². The maximum Gasteiger partial charge on any atom is 0.413 e. The summed E-state index contributed by atoms with van der Waals surface area (Å²) in [6.07, 6.45) is -4.35. The van der Waals surface area contributed by atoms with Crippen molar-refractivity contribution in [2.45, 2.75) is 32.5 Å². The number of rotatable bonds is 1. The summed E-state index contributed by atoms with van der Waals surface area (Å²) >= 11 is 0. The van der Waals surface area contributed by atoms with Crippen LogP contribution in [0.3, 0.4) is 0 Å². The molecule has 72 valence electrons. The summed E-state index contributed by atoms with van der Waals surface area (Å²) in [6, 6.07) is 0. The molecule has 6 nitrogen and oxygen atoms in total.